The zero-order valence-corrected chi connectivity index (χ0v) is 16.4. The maximum atomic E-state index is 11.2. The van der Waals surface area contributed by atoms with Crippen molar-refractivity contribution < 1.29 is 4.79 Å². The van der Waals surface area contributed by atoms with Crippen molar-refractivity contribution in [1.29, 1.82) is 0 Å². The third kappa shape index (κ3) is 4.26. The molecule has 6 nitrogen and oxygen atoms in total. The average Bonchev–Trinajstić information content (AvgIpc) is 3.37. The summed E-state index contributed by atoms with van der Waals surface area (Å²) in [6, 6.07) is 17.6. The molecule has 0 atom stereocenters. The fraction of sp³-hybridized carbons (Fsp3) is 0.286. The van der Waals surface area contributed by atoms with Crippen molar-refractivity contribution in [3.63, 3.8) is 0 Å². The number of likely N-dealkylation sites (tertiary alicyclic amines) is 1. The summed E-state index contributed by atoms with van der Waals surface area (Å²) in [5.74, 6) is 1.31. The Hall–Kier alpha value is -2.64. The number of thioether (sulfide) groups is 1. The predicted molar refractivity (Wildman–Crippen MR) is 110 cm³/mol. The van der Waals surface area contributed by atoms with E-state index in [1.807, 2.05) is 30.3 Å². The number of hydrogen-bond acceptors (Lipinski definition) is 5. The van der Waals surface area contributed by atoms with Gasteiger partial charge in [-0.3, -0.25) is 14.3 Å². The van der Waals surface area contributed by atoms with E-state index in [9.17, 15) is 4.79 Å². The van der Waals surface area contributed by atoms with Crippen LogP contribution in [0.2, 0.25) is 0 Å². The molecule has 1 aromatic heterocycles. The van der Waals surface area contributed by atoms with Gasteiger partial charge in [-0.05, 0) is 55.8 Å². The number of nitrogens with two attached hydrogens (primary N) is 1. The minimum atomic E-state index is -0.408. The van der Waals surface area contributed by atoms with Crippen molar-refractivity contribution in [3.05, 3.63) is 71.5 Å². The molecule has 7 heteroatoms. The Morgan fingerprint density at radius 1 is 1.00 bits per heavy atom. The topological polar surface area (TPSA) is 77.0 Å². The molecule has 2 N–H and O–H groups in total. The van der Waals surface area contributed by atoms with Crippen LogP contribution in [0.4, 0.5) is 0 Å². The fourth-order valence-corrected chi connectivity index (χ4v) is 4.31. The lowest BCUT2D eigenvalue weighted by Crippen LogP contribution is -2.21. The predicted octanol–water partition coefficient (Wildman–Crippen LogP) is 3.25. The Labute approximate surface area is 168 Å². The number of primary amides is 1. The van der Waals surface area contributed by atoms with E-state index in [4.69, 9.17) is 5.73 Å². The minimum absolute atomic E-state index is 0.408. The van der Waals surface area contributed by atoms with E-state index in [1.54, 1.807) is 23.9 Å². The highest BCUT2D eigenvalue weighted by Gasteiger charge is 2.19. The quantitative estimate of drug-likeness (QED) is 0.624. The van der Waals surface area contributed by atoms with E-state index in [0.717, 1.165) is 47.6 Å². The summed E-state index contributed by atoms with van der Waals surface area (Å²) in [7, 11) is 0. The van der Waals surface area contributed by atoms with Gasteiger partial charge in [0.25, 0.3) is 0 Å². The van der Waals surface area contributed by atoms with Crippen LogP contribution in [0.15, 0.2) is 59.8 Å². The van der Waals surface area contributed by atoms with Gasteiger partial charge < -0.3 is 5.73 Å². The Balaban J connectivity index is 1.55. The number of rotatable bonds is 7. The van der Waals surface area contributed by atoms with Crippen LogP contribution in [0.5, 0.6) is 0 Å². The number of para-hydroxylation sites is 1. The smallest absolute Gasteiger partial charge is 0.248 e. The first-order valence-corrected chi connectivity index (χ1v) is 10.4. The molecule has 144 valence electrons. The number of benzene rings is 2. The molecule has 1 aliphatic rings. The molecule has 0 spiro atoms. The molecular formula is C21H23N5OS. The molecule has 2 aromatic carbocycles. The summed E-state index contributed by atoms with van der Waals surface area (Å²) in [6.07, 6.45) is 2.50. The molecule has 0 bridgehead atoms. The van der Waals surface area contributed by atoms with Gasteiger partial charge in [-0.15, -0.1) is 10.2 Å². The molecule has 4 rings (SSSR count). The average molecular weight is 394 g/mol. The third-order valence-electron chi connectivity index (χ3n) is 4.88. The number of aromatic nitrogens is 3. The van der Waals surface area contributed by atoms with E-state index in [2.05, 4.69) is 31.8 Å². The van der Waals surface area contributed by atoms with Crippen LogP contribution in [-0.4, -0.2) is 38.7 Å². The van der Waals surface area contributed by atoms with Gasteiger partial charge in [0.15, 0.2) is 11.0 Å². The second kappa shape index (κ2) is 8.58. The Kier molecular flexibility index (Phi) is 5.73. The van der Waals surface area contributed by atoms with Gasteiger partial charge in [-0.1, -0.05) is 42.1 Å². The SMILES string of the molecule is NC(=O)c1ccc(CSc2nnc(CN3CCCC3)n2-c2ccccc2)cc1. The first-order chi connectivity index (χ1) is 13.7. The molecule has 1 amide bonds. The maximum Gasteiger partial charge on any atom is 0.248 e. The van der Waals surface area contributed by atoms with Crippen molar-refractivity contribution in [2.24, 2.45) is 5.73 Å². The van der Waals surface area contributed by atoms with Gasteiger partial charge >= 0.3 is 0 Å². The van der Waals surface area contributed by atoms with Gasteiger partial charge in [0.2, 0.25) is 5.91 Å². The highest BCUT2D eigenvalue weighted by Crippen LogP contribution is 2.26. The summed E-state index contributed by atoms with van der Waals surface area (Å²) >= 11 is 1.64. The lowest BCUT2D eigenvalue weighted by Gasteiger charge is -2.16. The monoisotopic (exact) mass is 393 g/mol. The molecule has 0 radical (unpaired) electrons. The summed E-state index contributed by atoms with van der Waals surface area (Å²) in [6.45, 7) is 3.06. The molecule has 1 fully saturated rings. The van der Waals surface area contributed by atoms with E-state index >= 15 is 0 Å². The molecule has 2 heterocycles. The summed E-state index contributed by atoms with van der Waals surface area (Å²) in [4.78, 5) is 13.7. The number of amides is 1. The van der Waals surface area contributed by atoms with E-state index in [1.165, 1.54) is 12.8 Å². The van der Waals surface area contributed by atoms with Crippen LogP contribution < -0.4 is 5.73 Å². The van der Waals surface area contributed by atoms with Crippen molar-refractivity contribution in [2.75, 3.05) is 13.1 Å². The van der Waals surface area contributed by atoms with Crippen LogP contribution in [-0.2, 0) is 12.3 Å². The normalized spacial score (nSPS) is 14.4. The molecule has 1 aliphatic heterocycles. The van der Waals surface area contributed by atoms with Crippen LogP contribution in [0.1, 0.15) is 34.6 Å². The highest BCUT2D eigenvalue weighted by molar-refractivity contribution is 7.98. The molecule has 1 saturated heterocycles. The van der Waals surface area contributed by atoms with Gasteiger partial charge in [-0.25, -0.2) is 0 Å². The van der Waals surface area contributed by atoms with E-state index in [-0.39, 0.29) is 0 Å². The number of carbonyl (C=O) groups is 1. The lowest BCUT2D eigenvalue weighted by atomic mass is 10.1. The third-order valence-corrected chi connectivity index (χ3v) is 5.88. The standard InChI is InChI=1S/C21H23N5OS/c22-20(27)17-10-8-16(9-11-17)15-28-21-24-23-19(14-25-12-4-5-13-25)26(21)18-6-2-1-3-7-18/h1-3,6-11H,4-5,12-15H2,(H2,22,27). The molecule has 0 unspecified atom stereocenters. The second-order valence-corrected chi connectivity index (χ2v) is 7.85. The molecule has 0 aliphatic carbocycles. The molecule has 28 heavy (non-hydrogen) atoms. The molecular weight excluding hydrogens is 370 g/mol. The van der Waals surface area contributed by atoms with Crippen LogP contribution >= 0.6 is 11.8 Å². The largest absolute Gasteiger partial charge is 0.366 e. The molecule has 0 saturated carbocycles. The number of carbonyl (C=O) groups excluding carboxylic acids is 1. The lowest BCUT2D eigenvalue weighted by molar-refractivity contribution is 0.100. The van der Waals surface area contributed by atoms with Crippen LogP contribution in [0.25, 0.3) is 5.69 Å². The van der Waals surface area contributed by atoms with E-state index < -0.39 is 5.91 Å². The van der Waals surface area contributed by atoms with E-state index in [0.29, 0.717) is 5.56 Å². The molecule has 3 aromatic rings. The zero-order chi connectivity index (χ0) is 19.3. The number of hydrogen-bond donors (Lipinski definition) is 1. The highest BCUT2D eigenvalue weighted by atomic mass is 32.2. The van der Waals surface area contributed by atoms with Gasteiger partial charge in [0, 0.05) is 17.0 Å². The summed E-state index contributed by atoms with van der Waals surface area (Å²) < 4.78 is 2.15. The van der Waals surface area contributed by atoms with Crippen molar-refractivity contribution >= 4 is 17.7 Å². The Morgan fingerprint density at radius 3 is 2.39 bits per heavy atom. The first kappa shape index (κ1) is 18.7. The fourth-order valence-electron chi connectivity index (χ4n) is 3.39. The van der Waals surface area contributed by atoms with Gasteiger partial charge in [-0.2, -0.15) is 0 Å². The van der Waals surface area contributed by atoms with Crippen molar-refractivity contribution in [1.82, 2.24) is 19.7 Å². The van der Waals surface area contributed by atoms with Crippen LogP contribution in [0.3, 0.4) is 0 Å². The second-order valence-electron chi connectivity index (χ2n) is 6.90. The summed E-state index contributed by atoms with van der Waals surface area (Å²) in [5.41, 5.74) is 8.02. The van der Waals surface area contributed by atoms with Gasteiger partial charge in [0.05, 0.1) is 6.54 Å². The number of nitrogens with zero attached hydrogens (tertiary/aromatic N) is 4. The minimum Gasteiger partial charge on any atom is -0.366 e. The van der Waals surface area contributed by atoms with Gasteiger partial charge in [0.1, 0.15) is 0 Å². The van der Waals surface area contributed by atoms with Crippen molar-refractivity contribution in [2.45, 2.75) is 30.3 Å². The first-order valence-electron chi connectivity index (χ1n) is 9.44. The summed E-state index contributed by atoms with van der Waals surface area (Å²) in [5, 5.41) is 9.84. The maximum absolute atomic E-state index is 11.2. The zero-order valence-electron chi connectivity index (χ0n) is 15.6. The Bertz CT molecular complexity index is 933. The van der Waals surface area contributed by atoms with Crippen LogP contribution in [0, 0.1) is 0 Å². The Morgan fingerprint density at radius 2 is 1.71 bits per heavy atom. The van der Waals surface area contributed by atoms with Crippen molar-refractivity contribution in [3.8, 4) is 5.69 Å².